The van der Waals surface area contributed by atoms with Gasteiger partial charge in [0.15, 0.2) is 0 Å². The molecule has 0 radical (unpaired) electrons. The second kappa shape index (κ2) is 8.06. The minimum Gasteiger partial charge on any atom is -0.396 e. The first kappa shape index (κ1) is 17.4. The number of aryl methyl sites for hydroxylation is 1. The van der Waals surface area contributed by atoms with E-state index in [-0.39, 0.29) is 12.7 Å². The molecule has 0 aromatic heterocycles. The second-order valence-corrected chi connectivity index (χ2v) is 6.87. The highest BCUT2D eigenvalue weighted by Gasteiger charge is 2.20. The van der Waals surface area contributed by atoms with Gasteiger partial charge in [0, 0.05) is 26.2 Å². The Morgan fingerprint density at radius 2 is 1.91 bits per heavy atom. The Hall–Kier alpha value is -0.940. The maximum atomic E-state index is 9.78. The second-order valence-electron chi connectivity index (χ2n) is 6.87. The normalized spacial score (nSPS) is 20.3. The van der Waals surface area contributed by atoms with Gasteiger partial charge in [-0.3, -0.25) is 4.90 Å². The Morgan fingerprint density at radius 3 is 2.55 bits per heavy atom. The number of hydrogen-bond donors (Lipinski definition) is 2. The van der Waals surface area contributed by atoms with Gasteiger partial charge in [-0.2, -0.15) is 0 Å². The Morgan fingerprint density at radius 1 is 1.23 bits per heavy atom. The fourth-order valence-electron chi connectivity index (χ4n) is 2.76. The van der Waals surface area contributed by atoms with Crippen LogP contribution in [-0.4, -0.2) is 53.1 Å². The van der Waals surface area contributed by atoms with Gasteiger partial charge in [-0.15, -0.1) is 0 Å². The molecule has 0 bridgehead atoms. The first-order valence-electron chi connectivity index (χ1n) is 8.21. The third-order valence-electron chi connectivity index (χ3n) is 4.13. The predicted octanol–water partition coefficient (Wildman–Crippen LogP) is 1.97. The molecule has 0 saturated carbocycles. The van der Waals surface area contributed by atoms with Crippen molar-refractivity contribution in [3.63, 3.8) is 0 Å². The summed E-state index contributed by atoms with van der Waals surface area (Å²) in [6.07, 6.45) is 2.55. The summed E-state index contributed by atoms with van der Waals surface area (Å²) in [5.74, 6) is 0. The van der Waals surface area contributed by atoms with E-state index in [0.717, 1.165) is 39.1 Å². The molecule has 4 heteroatoms. The summed E-state index contributed by atoms with van der Waals surface area (Å²) in [5, 5.41) is 18.8. The highest BCUT2D eigenvalue weighted by atomic mass is 16.5. The quantitative estimate of drug-likeness (QED) is 0.809. The molecule has 1 aromatic carbocycles. The molecule has 0 amide bonds. The molecule has 0 unspecified atom stereocenters. The number of ether oxygens (including phenoxy) is 1. The van der Waals surface area contributed by atoms with E-state index in [1.165, 1.54) is 11.1 Å². The monoisotopic (exact) mass is 307 g/mol. The zero-order valence-corrected chi connectivity index (χ0v) is 13.8. The van der Waals surface area contributed by atoms with Crippen molar-refractivity contribution in [1.29, 1.82) is 0 Å². The van der Waals surface area contributed by atoms with Crippen LogP contribution >= 0.6 is 0 Å². The highest BCUT2D eigenvalue weighted by Crippen LogP contribution is 2.16. The van der Waals surface area contributed by atoms with Crippen LogP contribution in [0.3, 0.4) is 0 Å². The Kier molecular flexibility index (Phi) is 6.38. The fourth-order valence-corrected chi connectivity index (χ4v) is 2.76. The number of rotatable bonds is 7. The number of aliphatic hydroxyl groups excluding tert-OH is 1. The van der Waals surface area contributed by atoms with Crippen LogP contribution < -0.4 is 0 Å². The molecule has 1 saturated heterocycles. The summed E-state index contributed by atoms with van der Waals surface area (Å²) in [4.78, 5) is 2.38. The topological polar surface area (TPSA) is 52.9 Å². The van der Waals surface area contributed by atoms with Crippen LogP contribution in [0.5, 0.6) is 0 Å². The molecular weight excluding hydrogens is 278 g/mol. The highest BCUT2D eigenvalue weighted by molar-refractivity contribution is 5.22. The minimum atomic E-state index is -0.603. The third kappa shape index (κ3) is 6.05. The van der Waals surface area contributed by atoms with Crippen LogP contribution in [0.4, 0.5) is 0 Å². The number of hydrogen-bond acceptors (Lipinski definition) is 4. The molecule has 1 aliphatic rings. The van der Waals surface area contributed by atoms with E-state index in [9.17, 15) is 5.11 Å². The van der Waals surface area contributed by atoms with Crippen molar-refractivity contribution in [2.75, 3.05) is 26.3 Å². The molecule has 22 heavy (non-hydrogen) atoms. The van der Waals surface area contributed by atoms with E-state index in [1.54, 1.807) is 0 Å². The SMILES string of the molecule is CC(C)(O)CCc1ccc(CN2CCO[C@H](CCO)C2)cc1. The Balaban J connectivity index is 1.83. The lowest BCUT2D eigenvalue weighted by molar-refractivity contribution is -0.0407. The number of morpholine rings is 1. The lowest BCUT2D eigenvalue weighted by Crippen LogP contribution is -2.42. The maximum absolute atomic E-state index is 9.78. The molecule has 1 aliphatic heterocycles. The van der Waals surface area contributed by atoms with Gasteiger partial charge < -0.3 is 14.9 Å². The summed E-state index contributed by atoms with van der Waals surface area (Å²) in [6.45, 7) is 7.40. The first-order valence-corrected chi connectivity index (χ1v) is 8.21. The molecule has 0 aliphatic carbocycles. The van der Waals surface area contributed by atoms with E-state index < -0.39 is 5.60 Å². The van der Waals surface area contributed by atoms with Gasteiger partial charge in [-0.25, -0.2) is 0 Å². The van der Waals surface area contributed by atoms with Gasteiger partial charge >= 0.3 is 0 Å². The maximum Gasteiger partial charge on any atom is 0.0724 e. The largest absolute Gasteiger partial charge is 0.396 e. The lowest BCUT2D eigenvalue weighted by atomic mass is 9.98. The summed E-state index contributed by atoms with van der Waals surface area (Å²) in [6, 6.07) is 8.67. The fraction of sp³-hybridized carbons (Fsp3) is 0.667. The summed E-state index contributed by atoms with van der Waals surface area (Å²) < 4.78 is 5.64. The van der Waals surface area contributed by atoms with E-state index in [2.05, 4.69) is 29.2 Å². The van der Waals surface area contributed by atoms with Crippen molar-refractivity contribution in [1.82, 2.24) is 4.90 Å². The van der Waals surface area contributed by atoms with Gasteiger partial charge in [-0.1, -0.05) is 24.3 Å². The Bertz CT molecular complexity index is 437. The molecule has 1 aromatic rings. The molecule has 2 N–H and O–H groups in total. The van der Waals surface area contributed by atoms with Crippen molar-refractivity contribution >= 4 is 0 Å². The van der Waals surface area contributed by atoms with Crippen molar-refractivity contribution in [2.24, 2.45) is 0 Å². The Labute approximate surface area is 133 Å². The summed E-state index contributed by atoms with van der Waals surface area (Å²) in [5.41, 5.74) is 1.97. The standard InChI is InChI=1S/C18H29NO3/c1-18(2,21)9-7-15-3-5-16(6-4-15)13-19-10-12-22-17(14-19)8-11-20/h3-6,17,20-21H,7-14H2,1-2H3/t17-/m1/s1. The molecule has 0 spiro atoms. The molecule has 124 valence electrons. The molecule has 1 heterocycles. The molecule has 1 fully saturated rings. The van der Waals surface area contributed by atoms with Gasteiger partial charge in [0.1, 0.15) is 0 Å². The van der Waals surface area contributed by atoms with Gasteiger partial charge in [0.2, 0.25) is 0 Å². The van der Waals surface area contributed by atoms with Crippen LogP contribution in [0.1, 0.15) is 37.8 Å². The van der Waals surface area contributed by atoms with Crippen molar-refractivity contribution in [3.05, 3.63) is 35.4 Å². The third-order valence-corrected chi connectivity index (χ3v) is 4.13. The molecule has 2 rings (SSSR count). The first-order chi connectivity index (χ1) is 10.5. The van der Waals surface area contributed by atoms with Gasteiger partial charge in [0.05, 0.1) is 18.3 Å². The van der Waals surface area contributed by atoms with Crippen LogP contribution in [0.25, 0.3) is 0 Å². The van der Waals surface area contributed by atoms with Crippen LogP contribution in [0, 0.1) is 0 Å². The van der Waals surface area contributed by atoms with Crippen LogP contribution in [0.15, 0.2) is 24.3 Å². The van der Waals surface area contributed by atoms with Crippen LogP contribution in [0.2, 0.25) is 0 Å². The number of benzene rings is 1. The van der Waals surface area contributed by atoms with Crippen molar-refractivity contribution < 1.29 is 14.9 Å². The zero-order chi connectivity index (χ0) is 16.0. The average molecular weight is 307 g/mol. The van der Waals surface area contributed by atoms with Gasteiger partial charge in [0.25, 0.3) is 0 Å². The summed E-state index contributed by atoms with van der Waals surface area (Å²) in [7, 11) is 0. The van der Waals surface area contributed by atoms with Crippen molar-refractivity contribution in [2.45, 2.75) is 51.4 Å². The molecule has 4 nitrogen and oxygen atoms in total. The van der Waals surface area contributed by atoms with E-state index >= 15 is 0 Å². The predicted molar refractivity (Wildman–Crippen MR) is 87.8 cm³/mol. The van der Waals surface area contributed by atoms with Crippen LogP contribution in [-0.2, 0) is 17.7 Å². The smallest absolute Gasteiger partial charge is 0.0724 e. The number of nitrogens with zero attached hydrogens (tertiary/aromatic N) is 1. The van der Waals surface area contributed by atoms with Crippen molar-refractivity contribution in [3.8, 4) is 0 Å². The summed E-state index contributed by atoms with van der Waals surface area (Å²) >= 11 is 0. The number of aliphatic hydroxyl groups is 2. The van der Waals surface area contributed by atoms with E-state index in [1.807, 2.05) is 13.8 Å². The molecule has 1 atom stereocenters. The lowest BCUT2D eigenvalue weighted by Gasteiger charge is -2.32. The molecular formula is C18H29NO3. The van der Waals surface area contributed by atoms with E-state index in [4.69, 9.17) is 9.84 Å². The average Bonchev–Trinajstić information content (AvgIpc) is 2.46. The van der Waals surface area contributed by atoms with Gasteiger partial charge in [-0.05, 0) is 44.2 Å². The van der Waals surface area contributed by atoms with E-state index in [0.29, 0.717) is 6.42 Å². The minimum absolute atomic E-state index is 0.157. The zero-order valence-electron chi connectivity index (χ0n) is 13.8.